The summed E-state index contributed by atoms with van der Waals surface area (Å²) >= 11 is 10.3. The van der Waals surface area contributed by atoms with E-state index in [-0.39, 0.29) is 0 Å². The number of alkyl halides is 1. The highest BCUT2D eigenvalue weighted by atomic mass is 79.9. The predicted molar refractivity (Wildman–Crippen MR) is 75.7 cm³/mol. The van der Waals surface area contributed by atoms with Crippen LogP contribution in [-0.2, 0) is 0 Å². The molecule has 0 aliphatic heterocycles. The monoisotopic (exact) mass is 398 g/mol. The maximum atomic E-state index is 4.31. The standard InChI is InChI=1S/C10H13Br3N2/c1-6(4-11)7(2)15-10-9(13)3-8(12)5-14-10/h3,5-7H,4H2,1-2H3,(H,14,15). The van der Waals surface area contributed by atoms with Crippen molar-refractivity contribution in [3.8, 4) is 0 Å². The minimum Gasteiger partial charge on any atom is -0.366 e. The van der Waals surface area contributed by atoms with Crippen LogP contribution < -0.4 is 5.32 Å². The molecule has 1 aromatic heterocycles. The molecule has 15 heavy (non-hydrogen) atoms. The molecule has 0 saturated heterocycles. The van der Waals surface area contributed by atoms with E-state index in [9.17, 15) is 0 Å². The summed E-state index contributed by atoms with van der Waals surface area (Å²) in [6.45, 7) is 4.35. The van der Waals surface area contributed by atoms with Gasteiger partial charge in [0.05, 0.1) is 4.47 Å². The van der Waals surface area contributed by atoms with Gasteiger partial charge in [0.1, 0.15) is 5.82 Å². The molecule has 0 aliphatic rings. The molecule has 1 aromatic rings. The fourth-order valence-corrected chi connectivity index (χ4v) is 2.68. The lowest BCUT2D eigenvalue weighted by atomic mass is 10.1. The Morgan fingerprint density at radius 1 is 1.40 bits per heavy atom. The van der Waals surface area contributed by atoms with E-state index < -0.39 is 0 Å². The normalized spacial score (nSPS) is 14.7. The van der Waals surface area contributed by atoms with E-state index in [1.807, 2.05) is 6.07 Å². The van der Waals surface area contributed by atoms with Crippen LogP contribution in [0.2, 0.25) is 0 Å². The maximum Gasteiger partial charge on any atom is 0.140 e. The highest BCUT2D eigenvalue weighted by Crippen LogP contribution is 2.25. The lowest BCUT2D eigenvalue weighted by Crippen LogP contribution is -2.25. The smallest absolute Gasteiger partial charge is 0.140 e. The van der Waals surface area contributed by atoms with Gasteiger partial charge in [0, 0.05) is 22.0 Å². The molecule has 1 rings (SSSR count). The third-order valence-corrected chi connectivity index (χ3v) is 4.33. The number of aromatic nitrogens is 1. The summed E-state index contributed by atoms with van der Waals surface area (Å²) in [5.74, 6) is 1.45. The fourth-order valence-electron chi connectivity index (χ4n) is 1.01. The quantitative estimate of drug-likeness (QED) is 0.756. The molecule has 0 aliphatic carbocycles. The zero-order chi connectivity index (χ0) is 11.4. The van der Waals surface area contributed by atoms with Crippen LogP contribution in [0.15, 0.2) is 21.2 Å². The van der Waals surface area contributed by atoms with Crippen LogP contribution in [0.3, 0.4) is 0 Å². The molecule has 2 atom stereocenters. The zero-order valence-electron chi connectivity index (χ0n) is 8.60. The first-order valence-corrected chi connectivity index (χ1v) is 7.39. The molecule has 0 aromatic carbocycles. The second kappa shape index (κ2) is 6.21. The highest BCUT2D eigenvalue weighted by Gasteiger charge is 2.12. The third-order valence-electron chi connectivity index (χ3n) is 2.27. The molecule has 1 heterocycles. The molecule has 0 bridgehead atoms. The number of halogens is 3. The summed E-state index contributed by atoms with van der Waals surface area (Å²) in [6.07, 6.45) is 1.79. The van der Waals surface area contributed by atoms with Gasteiger partial charge < -0.3 is 5.32 Å². The average molecular weight is 401 g/mol. The van der Waals surface area contributed by atoms with Crippen molar-refractivity contribution in [2.24, 2.45) is 5.92 Å². The van der Waals surface area contributed by atoms with Crippen molar-refractivity contribution in [3.05, 3.63) is 21.2 Å². The van der Waals surface area contributed by atoms with Crippen LogP contribution in [0.4, 0.5) is 5.82 Å². The number of hydrogen-bond acceptors (Lipinski definition) is 2. The van der Waals surface area contributed by atoms with Crippen molar-refractivity contribution in [2.45, 2.75) is 19.9 Å². The van der Waals surface area contributed by atoms with Crippen molar-refractivity contribution in [1.82, 2.24) is 4.98 Å². The Labute approximate surface area is 116 Å². The van der Waals surface area contributed by atoms with Gasteiger partial charge >= 0.3 is 0 Å². The minimum absolute atomic E-state index is 0.384. The average Bonchev–Trinajstić information content (AvgIpc) is 2.20. The van der Waals surface area contributed by atoms with Crippen molar-refractivity contribution >= 4 is 53.6 Å². The number of hydrogen-bond donors (Lipinski definition) is 1. The highest BCUT2D eigenvalue weighted by molar-refractivity contribution is 9.11. The molecule has 2 nitrogen and oxygen atoms in total. The lowest BCUT2D eigenvalue weighted by Gasteiger charge is -2.20. The number of pyridine rings is 1. The second-order valence-corrected chi connectivity index (χ2v) is 5.97. The van der Waals surface area contributed by atoms with Crippen LogP contribution in [0, 0.1) is 5.92 Å². The van der Waals surface area contributed by atoms with Crippen molar-refractivity contribution in [3.63, 3.8) is 0 Å². The van der Waals surface area contributed by atoms with E-state index in [1.54, 1.807) is 6.20 Å². The molecule has 0 saturated carbocycles. The summed E-state index contributed by atoms with van der Waals surface area (Å²) < 4.78 is 1.95. The molecular weight excluding hydrogens is 388 g/mol. The topological polar surface area (TPSA) is 24.9 Å². The van der Waals surface area contributed by atoms with Gasteiger partial charge in [-0.05, 0) is 50.8 Å². The summed E-state index contributed by atoms with van der Waals surface area (Å²) in [5, 5.41) is 4.36. The number of rotatable bonds is 4. The number of nitrogens with zero attached hydrogens (tertiary/aromatic N) is 1. The van der Waals surface area contributed by atoms with Crippen molar-refractivity contribution in [1.29, 1.82) is 0 Å². The van der Waals surface area contributed by atoms with Crippen molar-refractivity contribution < 1.29 is 0 Å². The predicted octanol–water partition coefficient (Wildman–Crippen LogP) is 4.44. The van der Waals surface area contributed by atoms with Gasteiger partial charge in [-0.3, -0.25) is 0 Å². The van der Waals surface area contributed by atoms with E-state index in [2.05, 4.69) is 71.9 Å². The molecule has 0 radical (unpaired) electrons. The molecule has 0 amide bonds. The maximum absolute atomic E-state index is 4.31. The van der Waals surface area contributed by atoms with E-state index in [0.29, 0.717) is 12.0 Å². The Morgan fingerprint density at radius 2 is 2.07 bits per heavy atom. The van der Waals surface area contributed by atoms with Gasteiger partial charge in [-0.1, -0.05) is 22.9 Å². The molecular formula is C10H13Br3N2. The molecule has 0 spiro atoms. The number of anilines is 1. The van der Waals surface area contributed by atoms with E-state index in [0.717, 1.165) is 20.1 Å². The Kier molecular flexibility index (Phi) is 5.57. The van der Waals surface area contributed by atoms with Gasteiger partial charge in [-0.2, -0.15) is 0 Å². The van der Waals surface area contributed by atoms with Gasteiger partial charge in [0.15, 0.2) is 0 Å². The first-order valence-electron chi connectivity index (χ1n) is 4.68. The van der Waals surface area contributed by atoms with E-state index in [1.165, 1.54) is 0 Å². The Balaban J connectivity index is 2.72. The summed E-state index contributed by atoms with van der Waals surface area (Å²) in [4.78, 5) is 4.31. The van der Waals surface area contributed by atoms with Crippen LogP contribution in [0.25, 0.3) is 0 Å². The van der Waals surface area contributed by atoms with Gasteiger partial charge in [0.25, 0.3) is 0 Å². The molecule has 0 fully saturated rings. The molecule has 1 N–H and O–H groups in total. The van der Waals surface area contributed by atoms with Crippen LogP contribution >= 0.6 is 47.8 Å². The largest absolute Gasteiger partial charge is 0.366 e. The molecule has 84 valence electrons. The second-order valence-electron chi connectivity index (χ2n) is 3.55. The summed E-state index contributed by atoms with van der Waals surface area (Å²) in [7, 11) is 0. The minimum atomic E-state index is 0.384. The van der Waals surface area contributed by atoms with Gasteiger partial charge in [-0.15, -0.1) is 0 Å². The van der Waals surface area contributed by atoms with Crippen LogP contribution in [-0.4, -0.2) is 16.4 Å². The van der Waals surface area contributed by atoms with E-state index >= 15 is 0 Å². The van der Waals surface area contributed by atoms with Gasteiger partial charge in [-0.25, -0.2) is 4.98 Å². The first-order chi connectivity index (χ1) is 7.04. The Bertz CT molecular complexity index is 330. The molecule has 5 heteroatoms. The summed E-state index contributed by atoms with van der Waals surface area (Å²) in [6, 6.07) is 2.37. The third kappa shape index (κ3) is 4.04. The lowest BCUT2D eigenvalue weighted by molar-refractivity contribution is 0.570. The first kappa shape index (κ1) is 13.5. The van der Waals surface area contributed by atoms with Crippen LogP contribution in [0.1, 0.15) is 13.8 Å². The van der Waals surface area contributed by atoms with Crippen LogP contribution in [0.5, 0.6) is 0 Å². The molecule has 2 unspecified atom stereocenters. The SMILES string of the molecule is CC(CBr)C(C)Nc1ncc(Br)cc1Br. The Morgan fingerprint density at radius 3 is 2.60 bits per heavy atom. The Hall–Kier alpha value is 0.390. The van der Waals surface area contributed by atoms with Crippen molar-refractivity contribution in [2.75, 3.05) is 10.6 Å². The summed E-state index contributed by atoms with van der Waals surface area (Å²) in [5.41, 5.74) is 0. The zero-order valence-corrected chi connectivity index (χ0v) is 13.4. The fraction of sp³-hybridized carbons (Fsp3) is 0.500. The van der Waals surface area contributed by atoms with E-state index in [4.69, 9.17) is 0 Å². The number of nitrogens with one attached hydrogen (secondary N) is 1. The van der Waals surface area contributed by atoms with Gasteiger partial charge in [0.2, 0.25) is 0 Å².